The lowest BCUT2D eigenvalue weighted by Crippen LogP contribution is -2.27. The highest BCUT2D eigenvalue weighted by atomic mass is 32.2. The largest absolute Gasteiger partial charge is 0.416 e. The van der Waals surface area contributed by atoms with Gasteiger partial charge in [-0.2, -0.15) is 21.6 Å². The normalized spacial score (nSPS) is 12.7. The van der Waals surface area contributed by atoms with Crippen LogP contribution in [-0.2, 0) is 21.0 Å². The summed E-state index contributed by atoms with van der Waals surface area (Å²) in [5.74, 6) is -0.367. The summed E-state index contributed by atoms with van der Waals surface area (Å²) >= 11 is 0.626. The second-order valence-corrected chi connectivity index (χ2v) is 9.09. The van der Waals surface area contributed by atoms with E-state index in [-0.39, 0.29) is 16.7 Å². The van der Waals surface area contributed by atoms with Gasteiger partial charge in [-0.15, -0.1) is 10.2 Å². The Morgan fingerprint density at radius 2 is 1.65 bits per heavy atom. The van der Waals surface area contributed by atoms with E-state index in [4.69, 9.17) is 0 Å². The van der Waals surface area contributed by atoms with Crippen molar-refractivity contribution in [3.63, 3.8) is 0 Å². The van der Waals surface area contributed by atoms with Crippen LogP contribution in [0.3, 0.4) is 0 Å². The number of amides is 1. The van der Waals surface area contributed by atoms with Gasteiger partial charge in [0.1, 0.15) is 0 Å². The van der Waals surface area contributed by atoms with Gasteiger partial charge >= 0.3 is 6.18 Å². The molecule has 0 unspecified atom stereocenters. The average Bonchev–Trinajstić information content (AvgIpc) is 2.95. The third-order valence-electron chi connectivity index (χ3n) is 3.00. The van der Waals surface area contributed by atoms with E-state index in [1.54, 1.807) is 20.8 Å². The molecule has 0 aliphatic carbocycles. The SMILES string of the molecule is CC(C)(C)C(=O)Nc1nnc(S(=O)(=O)Nc2ccc(C(F)(F)F)cc2)s1. The first-order valence-electron chi connectivity index (χ1n) is 7.14. The number of nitrogens with zero attached hydrogens (tertiary/aromatic N) is 2. The molecule has 1 heterocycles. The number of alkyl halides is 3. The van der Waals surface area contributed by atoms with Crippen molar-refractivity contribution in [1.82, 2.24) is 10.2 Å². The van der Waals surface area contributed by atoms with E-state index in [2.05, 4.69) is 20.2 Å². The van der Waals surface area contributed by atoms with Gasteiger partial charge in [-0.3, -0.25) is 9.52 Å². The fourth-order valence-corrected chi connectivity index (χ4v) is 3.53. The van der Waals surface area contributed by atoms with Gasteiger partial charge in [0.05, 0.1) is 5.56 Å². The van der Waals surface area contributed by atoms with Crippen LogP contribution in [-0.4, -0.2) is 24.5 Å². The van der Waals surface area contributed by atoms with Crippen molar-refractivity contribution in [2.75, 3.05) is 10.0 Å². The molecule has 0 aliphatic heterocycles. The molecule has 7 nitrogen and oxygen atoms in total. The number of aromatic nitrogens is 2. The van der Waals surface area contributed by atoms with Crippen molar-refractivity contribution in [2.24, 2.45) is 5.41 Å². The van der Waals surface area contributed by atoms with Gasteiger partial charge < -0.3 is 5.32 Å². The molecule has 1 aromatic carbocycles. The topological polar surface area (TPSA) is 101 Å². The van der Waals surface area contributed by atoms with Crippen molar-refractivity contribution < 1.29 is 26.4 Å². The lowest BCUT2D eigenvalue weighted by atomic mass is 9.96. The molecule has 1 aromatic heterocycles. The van der Waals surface area contributed by atoms with Gasteiger partial charge in [0.25, 0.3) is 14.4 Å². The van der Waals surface area contributed by atoms with Gasteiger partial charge in [-0.1, -0.05) is 32.1 Å². The van der Waals surface area contributed by atoms with Gasteiger partial charge in [-0.05, 0) is 24.3 Å². The molecule has 0 saturated carbocycles. The number of carbonyl (C=O) groups excluding carboxylic acids is 1. The van der Waals surface area contributed by atoms with Crippen LogP contribution < -0.4 is 10.0 Å². The fourth-order valence-electron chi connectivity index (χ4n) is 1.58. The number of anilines is 2. The molecule has 0 atom stereocenters. The summed E-state index contributed by atoms with van der Waals surface area (Å²) in [7, 11) is -4.15. The van der Waals surface area contributed by atoms with E-state index in [1.807, 2.05) is 0 Å². The Labute approximate surface area is 151 Å². The first-order valence-corrected chi connectivity index (χ1v) is 9.44. The van der Waals surface area contributed by atoms with Crippen molar-refractivity contribution in [2.45, 2.75) is 31.3 Å². The molecule has 142 valence electrons. The van der Waals surface area contributed by atoms with E-state index in [1.165, 1.54) is 0 Å². The Morgan fingerprint density at radius 1 is 1.08 bits per heavy atom. The van der Waals surface area contributed by atoms with Crippen molar-refractivity contribution in [3.8, 4) is 0 Å². The van der Waals surface area contributed by atoms with Crippen LogP contribution >= 0.6 is 11.3 Å². The second-order valence-electron chi connectivity index (χ2n) is 6.26. The van der Waals surface area contributed by atoms with E-state index < -0.39 is 31.5 Å². The molecule has 0 fully saturated rings. The van der Waals surface area contributed by atoms with Crippen LogP contribution in [0.15, 0.2) is 28.6 Å². The highest BCUT2D eigenvalue weighted by Gasteiger charge is 2.30. The molecule has 0 bridgehead atoms. The van der Waals surface area contributed by atoms with Crippen molar-refractivity contribution >= 4 is 38.1 Å². The monoisotopic (exact) mass is 408 g/mol. The minimum Gasteiger partial charge on any atom is -0.300 e. The molecule has 0 saturated heterocycles. The molecular formula is C14H15F3N4O3S2. The van der Waals surface area contributed by atoms with Crippen LogP contribution in [0.1, 0.15) is 26.3 Å². The average molecular weight is 408 g/mol. The molecule has 2 rings (SSSR count). The lowest BCUT2D eigenvalue weighted by Gasteiger charge is -2.15. The third-order valence-corrected chi connectivity index (χ3v) is 5.59. The summed E-state index contributed by atoms with van der Waals surface area (Å²) in [6, 6.07) is 3.49. The Morgan fingerprint density at radius 3 is 2.15 bits per heavy atom. The van der Waals surface area contributed by atoms with E-state index in [0.717, 1.165) is 24.3 Å². The van der Waals surface area contributed by atoms with E-state index in [9.17, 15) is 26.4 Å². The molecule has 2 aromatic rings. The van der Waals surface area contributed by atoms with Crippen LogP contribution in [0.25, 0.3) is 0 Å². The summed E-state index contributed by atoms with van der Waals surface area (Å²) in [6.45, 7) is 5.02. The zero-order valence-electron chi connectivity index (χ0n) is 13.9. The molecular weight excluding hydrogens is 393 g/mol. The number of halogens is 3. The Bertz CT molecular complexity index is 901. The predicted molar refractivity (Wildman–Crippen MR) is 90.2 cm³/mol. The molecule has 1 amide bonds. The van der Waals surface area contributed by atoms with Crippen molar-refractivity contribution in [1.29, 1.82) is 0 Å². The number of hydrogen-bond acceptors (Lipinski definition) is 6. The Kier molecular flexibility index (Phi) is 5.29. The zero-order chi connectivity index (χ0) is 19.8. The number of nitrogens with one attached hydrogen (secondary N) is 2. The second kappa shape index (κ2) is 6.83. The lowest BCUT2D eigenvalue weighted by molar-refractivity contribution is -0.137. The number of benzene rings is 1. The highest BCUT2D eigenvalue weighted by Crippen LogP contribution is 2.30. The first-order chi connectivity index (χ1) is 11.8. The maximum absolute atomic E-state index is 12.5. The smallest absolute Gasteiger partial charge is 0.300 e. The minimum absolute atomic E-state index is 0.00211. The van der Waals surface area contributed by atoms with Gasteiger partial charge in [-0.25, -0.2) is 0 Å². The van der Waals surface area contributed by atoms with Crippen LogP contribution in [0.2, 0.25) is 0 Å². The van der Waals surface area contributed by atoms with E-state index in [0.29, 0.717) is 11.3 Å². The summed E-state index contributed by atoms with van der Waals surface area (Å²) in [6.07, 6.45) is -4.52. The van der Waals surface area contributed by atoms with E-state index >= 15 is 0 Å². The number of carbonyl (C=O) groups is 1. The minimum atomic E-state index is -4.52. The standard InChI is InChI=1S/C14H15F3N4O3S2/c1-13(2,3)10(22)18-11-19-20-12(25-11)26(23,24)21-9-6-4-8(5-7-9)14(15,16)17/h4-7,21H,1-3H3,(H,18,19,22). The Balaban J connectivity index is 2.15. The highest BCUT2D eigenvalue weighted by molar-refractivity contribution is 7.94. The molecule has 0 spiro atoms. The zero-order valence-corrected chi connectivity index (χ0v) is 15.5. The maximum atomic E-state index is 12.5. The van der Waals surface area contributed by atoms with Crippen LogP contribution in [0.4, 0.5) is 24.0 Å². The van der Waals surface area contributed by atoms with Crippen molar-refractivity contribution in [3.05, 3.63) is 29.8 Å². The summed E-state index contributed by atoms with van der Waals surface area (Å²) < 4.78 is 63.7. The van der Waals surface area contributed by atoms with Gasteiger partial charge in [0.15, 0.2) is 0 Å². The third kappa shape index (κ3) is 4.91. The summed E-state index contributed by atoms with van der Waals surface area (Å²) in [5, 5.41) is 9.54. The molecule has 12 heteroatoms. The Hall–Kier alpha value is -2.21. The predicted octanol–water partition coefficient (Wildman–Crippen LogP) is 3.34. The quantitative estimate of drug-likeness (QED) is 0.756. The number of rotatable bonds is 4. The van der Waals surface area contributed by atoms with Gasteiger partial charge in [0.2, 0.25) is 11.0 Å². The van der Waals surface area contributed by atoms with Crippen LogP contribution in [0, 0.1) is 5.41 Å². The van der Waals surface area contributed by atoms with Gasteiger partial charge in [0, 0.05) is 11.1 Å². The fraction of sp³-hybridized carbons (Fsp3) is 0.357. The maximum Gasteiger partial charge on any atom is 0.416 e. The van der Waals surface area contributed by atoms with Crippen LogP contribution in [0.5, 0.6) is 0 Å². The molecule has 0 radical (unpaired) electrons. The summed E-state index contributed by atoms with van der Waals surface area (Å²) in [5.41, 5.74) is -1.67. The first kappa shape index (κ1) is 20.1. The number of hydrogen-bond donors (Lipinski definition) is 2. The molecule has 0 aliphatic rings. The molecule has 26 heavy (non-hydrogen) atoms. The molecule has 2 N–H and O–H groups in total. The number of sulfonamides is 1. The summed E-state index contributed by atoms with van der Waals surface area (Å²) in [4.78, 5) is 11.9.